The Balaban J connectivity index is 1.29. The minimum atomic E-state index is 0.0414. The smallest absolute Gasteiger partial charge is 0.315 e. The van der Waals surface area contributed by atoms with E-state index in [-0.39, 0.29) is 6.03 Å². The third kappa shape index (κ3) is 3.24. The predicted octanol–water partition coefficient (Wildman–Crippen LogP) is 3.32. The van der Waals surface area contributed by atoms with Crippen molar-refractivity contribution in [2.75, 3.05) is 19.8 Å². The molecule has 4 heteroatoms. The Hall–Kier alpha value is -0.770. The summed E-state index contributed by atoms with van der Waals surface area (Å²) in [4.78, 5) is 12.3. The van der Waals surface area contributed by atoms with Crippen LogP contribution in [0.3, 0.4) is 0 Å². The van der Waals surface area contributed by atoms with Crippen LogP contribution < -0.4 is 10.6 Å². The summed E-state index contributed by atoms with van der Waals surface area (Å²) in [6.07, 6.45) is 10.6. The fourth-order valence-corrected chi connectivity index (χ4v) is 6.30. The number of carbonyl (C=O) groups is 1. The lowest BCUT2D eigenvalue weighted by atomic mass is 9.48. The van der Waals surface area contributed by atoms with Crippen LogP contribution in [0, 0.1) is 29.1 Å². The van der Waals surface area contributed by atoms with Crippen LogP contribution >= 0.6 is 0 Å². The zero-order valence-electron chi connectivity index (χ0n) is 14.5. The maximum absolute atomic E-state index is 12.3. The van der Waals surface area contributed by atoms with Crippen molar-refractivity contribution in [1.29, 1.82) is 0 Å². The summed E-state index contributed by atoms with van der Waals surface area (Å²) in [5, 5.41) is 6.40. The third-order valence-corrected chi connectivity index (χ3v) is 7.24. The Kier molecular flexibility index (Phi) is 4.29. The molecule has 5 rings (SSSR count). The van der Waals surface area contributed by atoms with Gasteiger partial charge in [-0.1, -0.05) is 0 Å². The molecule has 1 saturated heterocycles. The molecule has 2 N–H and O–H groups in total. The number of hydrogen-bond acceptors (Lipinski definition) is 2. The van der Waals surface area contributed by atoms with Gasteiger partial charge in [-0.25, -0.2) is 4.79 Å². The van der Waals surface area contributed by atoms with E-state index in [0.29, 0.717) is 17.4 Å². The largest absolute Gasteiger partial charge is 0.381 e. The first kappa shape index (κ1) is 15.7. The van der Waals surface area contributed by atoms with Crippen molar-refractivity contribution in [3.63, 3.8) is 0 Å². The first-order valence-corrected chi connectivity index (χ1v) is 9.75. The van der Waals surface area contributed by atoms with Crippen LogP contribution in [-0.2, 0) is 4.74 Å². The molecule has 1 atom stereocenters. The lowest BCUT2D eigenvalue weighted by Gasteiger charge is -2.59. The fourth-order valence-electron chi connectivity index (χ4n) is 6.30. The molecular formula is C19H32N2O2. The van der Waals surface area contributed by atoms with Crippen LogP contribution in [0.1, 0.15) is 58.3 Å². The topological polar surface area (TPSA) is 50.4 Å². The maximum Gasteiger partial charge on any atom is 0.315 e. The third-order valence-electron chi connectivity index (χ3n) is 7.24. The van der Waals surface area contributed by atoms with Gasteiger partial charge in [0, 0.05) is 25.8 Å². The van der Waals surface area contributed by atoms with Gasteiger partial charge in [0.2, 0.25) is 0 Å². The number of amides is 2. The van der Waals surface area contributed by atoms with Crippen LogP contribution in [0.4, 0.5) is 4.79 Å². The first-order chi connectivity index (χ1) is 11.1. The number of rotatable bonds is 4. The standard InChI is InChI=1S/C19H32N2O2/c1-13(21-18(22)20-12-14-2-4-23-5-3-14)19-9-15-6-16(10-19)8-17(7-15)11-19/h13-17H,2-12H2,1H3,(H2,20,21,22). The Morgan fingerprint density at radius 3 is 2.22 bits per heavy atom. The second-order valence-electron chi connectivity index (χ2n) is 8.91. The molecular weight excluding hydrogens is 288 g/mol. The molecule has 0 aromatic carbocycles. The Morgan fingerprint density at radius 2 is 1.65 bits per heavy atom. The molecule has 1 heterocycles. The van der Waals surface area contributed by atoms with Gasteiger partial charge in [-0.15, -0.1) is 0 Å². The zero-order valence-corrected chi connectivity index (χ0v) is 14.5. The minimum absolute atomic E-state index is 0.0414. The van der Waals surface area contributed by atoms with E-state index in [1.54, 1.807) is 0 Å². The van der Waals surface area contributed by atoms with Crippen molar-refractivity contribution in [2.24, 2.45) is 29.1 Å². The highest BCUT2D eigenvalue weighted by Crippen LogP contribution is 2.61. The summed E-state index contributed by atoms with van der Waals surface area (Å²) in [5.74, 6) is 3.41. The predicted molar refractivity (Wildman–Crippen MR) is 90.1 cm³/mol. The van der Waals surface area contributed by atoms with Gasteiger partial charge >= 0.3 is 6.03 Å². The minimum Gasteiger partial charge on any atom is -0.381 e. The first-order valence-electron chi connectivity index (χ1n) is 9.75. The number of urea groups is 1. The summed E-state index contributed by atoms with van der Waals surface area (Å²) >= 11 is 0. The van der Waals surface area contributed by atoms with Gasteiger partial charge < -0.3 is 15.4 Å². The average molecular weight is 320 g/mol. The number of nitrogens with one attached hydrogen (secondary N) is 2. The van der Waals surface area contributed by atoms with Crippen molar-refractivity contribution in [3.05, 3.63) is 0 Å². The van der Waals surface area contributed by atoms with Gasteiger partial charge in [0.1, 0.15) is 0 Å². The molecule has 130 valence electrons. The molecule has 0 radical (unpaired) electrons. The summed E-state index contributed by atoms with van der Waals surface area (Å²) in [6, 6.07) is 0.352. The number of ether oxygens (including phenoxy) is 1. The van der Waals surface area contributed by atoms with Crippen LogP contribution in [0.25, 0.3) is 0 Å². The Morgan fingerprint density at radius 1 is 1.09 bits per heavy atom. The molecule has 0 aromatic heterocycles. The SMILES string of the molecule is CC(NC(=O)NCC1CCOCC1)C12CC3CC(CC(C3)C1)C2. The van der Waals surface area contributed by atoms with E-state index >= 15 is 0 Å². The van der Waals surface area contributed by atoms with Gasteiger partial charge in [-0.3, -0.25) is 0 Å². The van der Waals surface area contributed by atoms with Crippen molar-refractivity contribution in [2.45, 2.75) is 64.3 Å². The lowest BCUT2D eigenvalue weighted by molar-refractivity contribution is -0.0682. The van der Waals surface area contributed by atoms with E-state index in [4.69, 9.17) is 4.74 Å². The van der Waals surface area contributed by atoms with Crippen LogP contribution in [0.2, 0.25) is 0 Å². The highest BCUT2D eigenvalue weighted by atomic mass is 16.5. The molecule has 23 heavy (non-hydrogen) atoms. The molecule has 0 spiro atoms. The molecule has 4 saturated carbocycles. The van der Waals surface area contributed by atoms with Gasteiger partial charge in [-0.05, 0) is 87.4 Å². The molecule has 0 aromatic rings. The molecule has 4 aliphatic carbocycles. The van der Waals surface area contributed by atoms with Crippen molar-refractivity contribution in [3.8, 4) is 0 Å². The van der Waals surface area contributed by atoms with Gasteiger partial charge in [0.25, 0.3) is 0 Å². The average Bonchev–Trinajstić information content (AvgIpc) is 2.52. The van der Waals surface area contributed by atoms with Crippen LogP contribution in [0.15, 0.2) is 0 Å². The highest BCUT2D eigenvalue weighted by Gasteiger charge is 2.53. The second kappa shape index (κ2) is 6.27. The molecule has 1 unspecified atom stereocenters. The Bertz CT molecular complexity index is 409. The van der Waals surface area contributed by atoms with Crippen molar-refractivity contribution >= 4 is 6.03 Å². The van der Waals surface area contributed by atoms with Crippen molar-refractivity contribution < 1.29 is 9.53 Å². The van der Waals surface area contributed by atoms with Crippen LogP contribution in [-0.4, -0.2) is 31.8 Å². The zero-order chi connectivity index (χ0) is 15.9. The van der Waals surface area contributed by atoms with E-state index in [0.717, 1.165) is 50.4 Å². The van der Waals surface area contributed by atoms with E-state index in [1.807, 2.05) is 0 Å². The molecule has 5 fully saturated rings. The molecule has 2 amide bonds. The van der Waals surface area contributed by atoms with E-state index in [2.05, 4.69) is 17.6 Å². The summed E-state index contributed by atoms with van der Waals surface area (Å²) < 4.78 is 5.38. The molecule has 4 nitrogen and oxygen atoms in total. The fraction of sp³-hybridized carbons (Fsp3) is 0.947. The summed E-state index contributed by atoms with van der Waals surface area (Å²) in [5.41, 5.74) is 0.394. The van der Waals surface area contributed by atoms with E-state index in [1.165, 1.54) is 38.5 Å². The van der Waals surface area contributed by atoms with E-state index < -0.39 is 0 Å². The van der Waals surface area contributed by atoms with E-state index in [9.17, 15) is 4.79 Å². The summed E-state index contributed by atoms with van der Waals surface area (Å²) in [6.45, 7) is 4.74. The lowest BCUT2D eigenvalue weighted by Crippen LogP contribution is -2.57. The highest BCUT2D eigenvalue weighted by molar-refractivity contribution is 5.74. The van der Waals surface area contributed by atoms with Gasteiger partial charge in [-0.2, -0.15) is 0 Å². The second-order valence-corrected chi connectivity index (χ2v) is 8.91. The summed E-state index contributed by atoms with van der Waals surface area (Å²) in [7, 11) is 0. The molecule has 1 aliphatic heterocycles. The van der Waals surface area contributed by atoms with Crippen LogP contribution in [0.5, 0.6) is 0 Å². The Labute approximate surface area is 140 Å². The quantitative estimate of drug-likeness (QED) is 0.835. The monoisotopic (exact) mass is 320 g/mol. The number of carbonyl (C=O) groups excluding carboxylic acids is 1. The molecule has 4 bridgehead atoms. The maximum atomic E-state index is 12.3. The number of hydrogen-bond donors (Lipinski definition) is 2. The van der Waals surface area contributed by atoms with Crippen molar-refractivity contribution in [1.82, 2.24) is 10.6 Å². The van der Waals surface area contributed by atoms with Gasteiger partial charge in [0.05, 0.1) is 0 Å². The normalized spacial score (nSPS) is 40.8. The molecule has 5 aliphatic rings. The van der Waals surface area contributed by atoms with Gasteiger partial charge in [0.15, 0.2) is 0 Å².